The lowest BCUT2D eigenvalue weighted by atomic mass is 9.84. The van der Waals surface area contributed by atoms with Gasteiger partial charge in [0.05, 0.1) is 5.92 Å². The first-order valence-corrected chi connectivity index (χ1v) is 7.51. The molecule has 6 heteroatoms. The number of fused-ring (bicyclic) bond motifs is 2. The van der Waals surface area contributed by atoms with Crippen molar-refractivity contribution in [1.29, 1.82) is 0 Å². The number of carboxylic acid groups (broad SMARTS) is 1. The van der Waals surface area contributed by atoms with Crippen molar-refractivity contribution in [3.63, 3.8) is 0 Å². The van der Waals surface area contributed by atoms with E-state index in [4.69, 9.17) is 0 Å². The van der Waals surface area contributed by atoms with E-state index in [1.807, 2.05) is 0 Å². The van der Waals surface area contributed by atoms with Gasteiger partial charge in [-0.1, -0.05) is 0 Å². The number of aromatic nitrogens is 1. The van der Waals surface area contributed by atoms with Gasteiger partial charge in [0.25, 0.3) is 5.91 Å². The predicted octanol–water partition coefficient (Wildman–Crippen LogP) is 2.07. The van der Waals surface area contributed by atoms with Gasteiger partial charge in [0.2, 0.25) is 0 Å². The van der Waals surface area contributed by atoms with Crippen molar-refractivity contribution >= 4 is 27.8 Å². The van der Waals surface area contributed by atoms with Crippen molar-refractivity contribution in [2.24, 2.45) is 17.8 Å². The van der Waals surface area contributed by atoms with Gasteiger partial charge in [0, 0.05) is 16.7 Å². The molecule has 106 valence electrons. The summed E-state index contributed by atoms with van der Waals surface area (Å²) in [6.45, 7) is 0. The maximum atomic E-state index is 12.3. The Morgan fingerprint density at radius 1 is 1.35 bits per heavy atom. The van der Waals surface area contributed by atoms with Crippen LogP contribution in [-0.4, -0.2) is 28.0 Å². The van der Waals surface area contributed by atoms with E-state index in [0.29, 0.717) is 10.2 Å². The number of nitrogens with zero attached hydrogens (tertiary/aromatic N) is 1. The zero-order chi connectivity index (χ0) is 14.3. The third kappa shape index (κ3) is 2.22. The number of carboxylic acids is 1. The lowest BCUT2D eigenvalue weighted by molar-refractivity contribution is -0.144. The molecule has 2 saturated carbocycles. The Morgan fingerprint density at radius 2 is 2.10 bits per heavy atom. The van der Waals surface area contributed by atoms with E-state index in [1.54, 1.807) is 18.3 Å². The van der Waals surface area contributed by atoms with Gasteiger partial charge < -0.3 is 10.4 Å². The van der Waals surface area contributed by atoms with E-state index < -0.39 is 11.9 Å². The second-order valence-corrected chi connectivity index (χ2v) is 6.38. The van der Waals surface area contributed by atoms with Crippen LogP contribution in [0, 0.1) is 17.8 Å². The SMILES string of the molecule is O=C(NC1C2CCC(C2)C1C(=O)O)c1ncccc1Br. The van der Waals surface area contributed by atoms with E-state index in [1.165, 1.54) is 0 Å². The fourth-order valence-electron chi connectivity index (χ4n) is 3.63. The molecule has 1 heterocycles. The molecule has 20 heavy (non-hydrogen) atoms. The van der Waals surface area contributed by atoms with Gasteiger partial charge in [-0.2, -0.15) is 0 Å². The first kappa shape index (κ1) is 13.5. The Bertz CT molecular complexity index is 563. The zero-order valence-electron chi connectivity index (χ0n) is 10.8. The minimum absolute atomic E-state index is 0.204. The number of amides is 1. The third-order valence-electron chi connectivity index (χ3n) is 4.47. The summed E-state index contributed by atoms with van der Waals surface area (Å²) < 4.78 is 0.618. The van der Waals surface area contributed by atoms with Crippen molar-refractivity contribution < 1.29 is 14.7 Å². The maximum Gasteiger partial charge on any atom is 0.308 e. The summed E-state index contributed by atoms with van der Waals surface area (Å²) in [6, 6.07) is 3.21. The number of aliphatic carboxylic acids is 1. The highest BCUT2D eigenvalue weighted by Gasteiger charge is 2.51. The van der Waals surface area contributed by atoms with Crippen molar-refractivity contribution in [3.8, 4) is 0 Å². The van der Waals surface area contributed by atoms with Gasteiger partial charge >= 0.3 is 5.97 Å². The van der Waals surface area contributed by atoms with Gasteiger partial charge in [-0.15, -0.1) is 0 Å². The quantitative estimate of drug-likeness (QED) is 0.884. The molecule has 2 aliphatic rings. The molecule has 0 aliphatic heterocycles. The van der Waals surface area contributed by atoms with Crippen LogP contribution in [0.3, 0.4) is 0 Å². The van der Waals surface area contributed by atoms with Crippen LogP contribution in [0.5, 0.6) is 0 Å². The lowest BCUT2D eigenvalue weighted by Gasteiger charge is -2.28. The summed E-state index contributed by atoms with van der Waals surface area (Å²) in [5.74, 6) is -1.08. The molecule has 1 aromatic rings. The van der Waals surface area contributed by atoms with Crippen LogP contribution in [-0.2, 0) is 4.79 Å². The van der Waals surface area contributed by atoms with Crippen molar-refractivity contribution in [2.45, 2.75) is 25.3 Å². The lowest BCUT2D eigenvalue weighted by Crippen LogP contribution is -2.47. The molecule has 4 atom stereocenters. The second kappa shape index (κ2) is 5.16. The number of halogens is 1. The largest absolute Gasteiger partial charge is 0.481 e. The molecule has 5 nitrogen and oxygen atoms in total. The van der Waals surface area contributed by atoms with Crippen LogP contribution < -0.4 is 5.32 Å². The van der Waals surface area contributed by atoms with Gasteiger partial charge in [0.15, 0.2) is 0 Å². The Kier molecular flexibility index (Phi) is 3.50. The zero-order valence-corrected chi connectivity index (χ0v) is 12.3. The topological polar surface area (TPSA) is 79.3 Å². The molecule has 2 N–H and O–H groups in total. The van der Waals surface area contributed by atoms with E-state index in [-0.39, 0.29) is 23.8 Å². The highest BCUT2D eigenvalue weighted by molar-refractivity contribution is 9.10. The Labute approximate surface area is 124 Å². The fourth-order valence-corrected chi connectivity index (χ4v) is 4.06. The first-order valence-electron chi connectivity index (χ1n) is 6.72. The molecular weight excluding hydrogens is 324 g/mol. The second-order valence-electron chi connectivity index (χ2n) is 5.53. The van der Waals surface area contributed by atoms with E-state index >= 15 is 0 Å². The van der Waals surface area contributed by atoms with Gasteiger partial charge in [-0.25, -0.2) is 4.98 Å². The summed E-state index contributed by atoms with van der Waals surface area (Å²) in [5, 5.41) is 12.3. The standard InChI is InChI=1S/C14H15BrN2O3/c15-9-2-1-5-16-12(9)13(18)17-11-8-4-3-7(6-8)10(11)14(19)20/h1-2,5,7-8,10-11H,3-4,6H2,(H,17,18)(H,19,20). The number of carbonyl (C=O) groups is 2. The summed E-state index contributed by atoms with van der Waals surface area (Å²) >= 11 is 3.29. The van der Waals surface area contributed by atoms with E-state index in [2.05, 4.69) is 26.2 Å². The average Bonchev–Trinajstić information content (AvgIpc) is 2.99. The molecule has 1 aromatic heterocycles. The molecule has 4 unspecified atom stereocenters. The molecule has 3 rings (SSSR count). The Balaban J connectivity index is 1.79. The normalized spacial score (nSPS) is 31.2. The highest BCUT2D eigenvalue weighted by Crippen LogP contribution is 2.48. The summed E-state index contributed by atoms with van der Waals surface area (Å²) in [5.41, 5.74) is 0.305. The molecule has 0 radical (unpaired) electrons. The van der Waals surface area contributed by atoms with Crippen molar-refractivity contribution in [2.75, 3.05) is 0 Å². The van der Waals surface area contributed by atoms with E-state index in [9.17, 15) is 14.7 Å². The van der Waals surface area contributed by atoms with Gasteiger partial charge in [0.1, 0.15) is 5.69 Å². The molecule has 2 fully saturated rings. The first-order chi connectivity index (χ1) is 9.58. The number of carbonyl (C=O) groups excluding carboxylic acids is 1. The number of nitrogens with one attached hydrogen (secondary N) is 1. The number of rotatable bonds is 3. The molecular formula is C14H15BrN2O3. The number of hydrogen-bond acceptors (Lipinski definition) is 3. The van der Waals surface area contributed by atoms with Crippen LogP contribution in [0.4, 0.5) is 0 Å². The summed E-state index contributed by atoms with van der Waals surface area (Å²) in [7, 11) is 0. The molecule has 0 aromatic carbocycles. The molecule has 0 spiro atoms. The van der Waals surface area contributed by atoms with Gasteiger partial charge in [-0.05, 0) is 59.2 Å². The van der Waals surface area contributed by atoms with Crippen molar-refractivity contribution in [1.82, 2.24) is 10.3 Å². The van der Waals surface area contributed by atoms with Crippen LogP contribution >= 0.6 is 15.9 Å². The third-order valence-corrected chi connectivity index (χ3v) is 5.11. The van der Waals surface area contributed by atoms with E-state index in [0.717, 1.165) is 19.3 Å². The molecule has 0 saturated heterocycles. The number of pyridine rings is 1. The van der Waals surface area contributed by atoms with Crippen LogP contribution in [0.2, 0.25) is 0 Å². The van der Waals surface area contributed by atoms with Gasteiger partial charge in [-0.3, -0.25) is 9.59 Å². The Morgan fingerprint density at radius 3 is 2.80 bits per heavy atom. The smallest absolute Gasteiger partial charge is 0.308 e. The average molecular weight is 339 g/mol. The predicted molar refractivity (Wildman–Crippen MR) is 75.1 cm³/mol. The minimum Gasteiger partial charge on any atom is -0.481 e. The van der Waals surface area contributed by atoms with Crippen LogP contribution in [0.15, 0.2) is 22.8 Å². The van der Waals surface area contributed by atoms with Crippen LogP contribution in [0.25, 0.3) is 0 Å². The summed E-state index contributed by atoms with van der Waals surface area (Å²) in [6.07, 6.45) is 4.42. The fraction of sp³-hybridized carbons (Fsp3) is 0.500. The monoisotopic (exact) mass is 338 g/mol. The minimum atomic E-state index is -0.803. The molecule has 2 aliphatic carbocycles. The summed E-state index contributed by atoms with van der Waals surface area (Å²) in [4.78, 5) is 27.7. The maximum absolute atomic E-state index is 12.3. The molecule has 2 bridgehead atoms. The number of hydrogen-bond donors (Lipinski definition) is 2. The Hall–Kier alpha value is -1.43. The van der Waals surface area contributed by atoms with Crippen LogP contribution in [0.1, 0.15) is 29.8 Å². The molecule has 1 amide bonds. The highest BCUT2D eigenvalue weighted by atomic mass is 79.9. The van der Waals surface area contributed by atoms with Crippen molar-refractivity contribution in [3.05, 3.63) is 28.5 Å².